The van der Waals surface area contributed by atoms with Gasteiger partial charge in [0.05, 0.1) is 35.9 Å². The van der Waals surface area contributed by atoms with Crippen LogP contribution >= 0.6 is 0 Å². The molecule has 1 aliphatic carbocycles. The topological polar surface area (TPSA) is 116 Å². The Labute approximate surface area is 288 Å². The maximum Gasteiger partial charge on any atom is 0.410 e. The highest BCUT2D eigenvalue weighted by molar-refractivity contribution is 5.85. The fourth-order valence-corrected chi connectivity index (χ4v) is 7.56. The van der Waals surface area contributed by atoms with Gasteiger partial charge in [-0.1, -0.05) is 38.1 Å². The molecule has 4 heterocycles. The number of hydrogen-bond acceptors (Lipinski definition) is 6. The lowest BCUT2D eigenvalue weighted by molar-refractivity contribution is 0.0208. The lowest BCUT2D eigenvalue weighted by Crippen LogP contribution is -2.36. The van der Waals surface area contributed by atoms with Gasteiger partial charge in [0.2, 0.25) is 0 Å². The number of likely N-dealkylation sites (tertiary alicyclic amines) is 2. The molecule has 2 unspecified atom stereocenters. The maximum absolute atomic E-state index is 12.9. The van der Waals surface area contributed by atoms with E-state index in [0.29, 0.717) is 13.1 Å². The van der Waals surface area contributed by atoms with Crippen LogP contribution in [0.15, 0.2) is 48.8 Å². The number of ether oxygens (including phenoxy) is 2. The zero-order valence-electron chi connectivity index (χ0n) is 29.9. The number of rotatable bonds is 4. The molecule has 2 aliphatic heterocycles. The van der Waals surface area contributed by atoms with Crippen molar-refractivity contribution in [2.75, 3.05) is 13.1 Å². The highest BCUT2D eigenvalue weighted by atomic mass is 16.6. The molecule has 3 aliphatic rings. The molecule has 2 aromatic heterocycles. The monoisotopic (exact) mass is 664 g/mol. The first-order valence-corrected chi connectivity index (χ1v) is 17.5. The van der Waals surface area contributed by atoms with Crippen LogP contribution in [0.3, 0.4) is 0 Å². The molecule has 2 atom stereocenters. The molecule has 7 rings (SSSR count). The summed E-state index contributed by atoms with van der Waals surface area (Å²) in [6.07, 6.45) is 6.69. The molecule has 0 spiro atoms. The van der Waals surface area contributed by atoms with Crippen molar-refractivity contribution in [1.29, 1.82) is 0 Å². The van der Waals surface area contributed by atoms with Gasteiger partial charge >= 0.3 is 12.2 Å². The number of H-pyrrole nitrogens is 2. The summed E-state index contributed by atoms with van der Waals surface area (Å²) in [5, 5.41) is 0. The highest BCUT2D eigenvalue weighted by Gasteiger charge is 2.38. The van der Waals surface area contributed by atoms with Crippen LogP contribution in [0.2, 0.25) is 0 Å². The number of amides is 2. The van der Waals surface area contributed by atoms with Crippen LogP contribution in [0.5, 0.6) is 0 Å². The van der Waals surface area contributed by atoms with Gasteiger partial charge in [-0.05, 0) is 113 Å². The fourth-order valence-electron chi connectivity index (χ4n) is 7.56. The van der Waals surface area contributed by atoms with Gasteiger partial charge in [-0.2, -0.15) is 0 Å². The van der Waals surface area contributed by atoms with Crippen molar-refractivity contribution in [2.45, 2.75) is 110 Å². The molecule has 258 valence electrons. The van der Waals surface area contributed by atoms with Crippen LogP contribution in [-0.2, 0) is 14.9 Å². The zero-order valence-corrected chi connectivity index (χ0v) is 29.9. The number of nitrogens with zero attached hydrogens (tertiary/aromatic N) is 4. The smallest absolute Gasteiger partial charge is 0.410 e. The molecule has 2 amide bonds. The van der Waals surface area contributed by atoms with Gasteiger partial charge in [0.25, 0.3) is 0 Å². The van der Waals surface area contributed by atoms with Gasteiger partial charge in [-0.3, -0.25) is 9.80 Å². The van der Waals surface area contributed by atoms with Gasteiger partial charge in [0.1, 0.15) is 22.9 Å². The quantitative estimate of drug-likeness (QED) is 0.225. The van der Waals surface area contributed by atoms with Gasteiger partial charge in [0.15, 0.2) is 0 Å². The first-order valence-electron chi connectivity index (χ1n) is 17.5. The summed E-state index contributed by atoms with van der Waals surface area (Å²) in [5.41, 5.74) is 7.62. The van der Waals surface area contributed by atoms with Crippen molar-refractivity contribution in [3.05, 3.63) is 71.6 Å². The second kappa shape index (κ2) is 11.8. The Morgan fingerprint density at radius 1 is 0.714 bits per heavy atom. The first kappa shape index (κ1) is 32.9. The summed E-state index contributed by atoms with van der Waals surface area (Å²) in [6, 6.07) is 13.0. The van der Waals surface area contributed by atoms with E-state index < -0.39 is 11.2 Å². The van der Waals surface area contributed by atoms with Crippen LogP contribution < -0.4 is 0 Å². The number of aromatic amines is 2. The standard InChI is InChI=1S/C39H48N6O4/c1-37(2,3)48-35(46)44-17-9-11-31(44)33-40-21-29(42-33)23-13-15-25-26-16-14-24(20-28(26)39(7,8)27(25)19-23)30-22-41-34(43-30)32-12-10-18-45(32)36(47)49-38(4,5)6/h13-16,19-22,31-32H,9-12,17-18H2,1-8H3,(H,40,42)(H,41,43). The molecule has 2 fully saturated rings. The van der Waals surface area contributed by atoms with Gasteiger partial charge in [0, 0.05) is 18.5 Å². The lowest BCUT2D eigenvalue weighted by atomic mass is 9.81. The van der Waals surface area contributed by atoms with Crippen molar-refractivity contribution in [1.82, 2.24) is 29.7 Å². The van der Waals surface area contributed by atoms with Crippen molar-refractivity contribution in [2.24, 2.45) is 0 Å². The molecule has 2 N–H and O–H groups in total. The predicted molar refractivity (Wildman–Crippen MR) is 189 cm³/mol. The van der Waals surface area contributed by atoms with Gasteiger partial charge < -0.3 is 19.4 Å². The average molecular weight is 665 g/mol. The van der Waals surface area contributed by atoms with E-state index in [1.54, 1.807) is 9.80 Å². The molecule has 10 heteroatoms. The van der Waals surface area contributed by atoms with Crippen LogP contribution in [0.1, 0.15) is 116 Å². The van der Waals surface area contributed by atoms with Crippen LogP contribution in [0.25, 0.3) is 33.6 Å². The van der Waals surface area contributed by atoms with Crippen LogP contribution in [0, 0.1) is 0 Å². The molecular formula is C39H48N6O4. The van der Waals surface area contributed by atoms with Crippen molar-refractivity contribution >= 4 is 12.2 Å². The van der Waals surface area contributed by atoms with Crippen LogP contribution in [-0.4, -0.2) is 66.2 Å². The largest absolute Gasteiger partial charge is 0.444 e. The van der Waals surface area contributed by atoms with E-state index in [0.717, 1.165) is 59.8 Å². The molecule has 0 bridgehead atoms. The number of imidazole rings is 2. The molecule has 10 nitrogen and oxygen atoms in total. The van der Waals surface area contributed by atoms with E-state index in [-0.39, 0.29) is 29.7 Å². The number of aromatic nitrogens is 4. The summed E-state index contributed by atoms with van der Waals surface area (Å²) in [7, 11) is 0. The Balaban J connectivity index is 1.11. The maximum atomic E-state index is 12.9. The summed E-state index contributed by atoms with van der Waals surface area (Å²) in [4.78, 5) is 46.0. The van der Waals surface area contributed by atoms with Gasteiger partial charge in [-0.25, -0.2) is 19.6 Å². The minimum atomic E-state index is -0.546. The number of benzene rings is 2. The normalized spacial score (nSPS) is 20.0. The zero-order chi connectivity index (χ0) is 34.9. The Hall–Kier alpha value is -4.60. The number of carbonyl (C=O) groups excluding carboxylic acids is 2. The number of hydrogen-bond donors (Lipinski definition) is 2. The molecule has 4 aromatic rings. The van der Waals surface area contributed by atoms with E-state index in [1.807, 2.05) is 53.9 Å². The Morgan fingerprint density at radius 3 is 1.51 bits per heavy atom. The van der Waals surface area contributed by atoms with E-state index in [1.165, 1.54) is 22.3 Å². The summed E-state index contributed by atoms with van der Waals surface area (Å²) >= 11 is 0. The SMILES string of the molecule is CC(C)(C)OC(=O)N1CCCC1c1ncc(-c2ccc3c(c2)C(C)(C)c2cc(-c4cnc(C5CCCN5C(=O)OC(C)(C)C)[nH]4)ccc2-3)[nH]1. The molecule has 0 radical (unpaired) electrons. The predicted octanol–water partition coefficient (Wildman–Crippen LogP) is 8.92. The minimum absolute atomic E-state index is 0.130. The summed E-state index contributed by atoms with van der Waals surface area (Å²) in [5.74, 6) is 1.58. The Bertz CT molecular complexity index is 1770. The molecule has 2 aromatic carbocycles. The highest BCUT2D eigenvalue weighted by Crippen LogP contribution is 2.50. The number of fused-ring (bicyclic) bond motifs is 3. The van der Waals surface area contributed by atoms with E-state index in [2.05, 4.69) is 60.2 Å². The summed E-state index contributed by atoms with van der Waals surface area (Å²) in [6.45, 7) is 17.2. The molecule has 2 saturated heterocycles. The van der Waals surface area contributed by atoms with E-state index in [9.17, 15) is 9.59 Å². The van der Waals surface area contributed by atoms with Crippen LogP contribution in [0.4, 0.5) is 9.59 Å². The third-order valence-corrected chi connectivity index (χ3v) is 9.88. The first-order chi connectivity index (χ1) is 23.1. The molecule has 0 saturated carbocycles. The van der Waals surface area contributed by atoms with E-state index in [4.69, 9.17) is 19.4 Å². The van der Waals surface area contributed by atoms with Crippen molar-refractivity contribution in [3.8, 4) is 33.6 Å². The minimum Gasteiger partial charge on any atom is -0.444 e. The molecular weight excluding hydrogens is 616 g/mol. The van der Waals surface area contributed by atoms with Gasteiger partial charge in [-0.15, -0.1) is 0 Å². The molecule has 49 heavy (non-hydrogen) atoms. The Morgan fingerprint density at radius 2 is 1.12 bits per heavy atom. The van der Waals surface area contributed by atoms with Crippen molar-refractivity contribution in [3.63, 3.8) is 0 Å². The summed E-state index contributed by atoms with van der Waals surface area (Å²) < 4.78 is 11.4. The average Bonchev–Trinajstić information content (AvgIpc) is 3.85. The van der Waals surface area contributed by atoms with Crippen molar-refractivity contribution < 1.29 is 19.1 Å². The lowest BCUT2D eigenvalue weighted by Gasteiger charge is -2.27. The number of nitrogens with one attached hydrogen (secondary N) is 2. The second-order valence-corrected chi connectivity index (χ2v) is 16.2. The number of carbonyl (C=O) groups is 2. The second-order valence-electron chi connectivity index (χ2n) is 16.2. The van der Waals surface area contributed by atoms with E-state index >= 15 is 0 Å². The fraction of sp³-hybridized carbons (Fsp3) is 0.487. The third kappa shape index (κ3) is 6.22. The Kier molecular flexibility index (Phi) is 7.91. The third-order valence-electron chi connectivity index (χ3n) is 9.88.